The third-order valence-electron chi connectivity index (χ3n) is 3.51. The Morgan fingerprint density at radius 3 is 2.92 bits per heavy atom. The van der Waals surface area contributed by atoms with Gasteiger partial charge in [-0.3, -0.25) is 9.59 Å². The second kappa shape index (κ2) is 8.61. The number of carbonyl (C=O) groups excluding carboxylic acids is 2. The first-order valence-corrected chi connectivity index (χ1v) is 10.9. The van der Waals surface area contributed by atoms with Crippen LogP contribution in [0.25, 0.3) is 10.2 Å². The Balaban J connectivity index is 1.63. The van der Waals surface area contributed by atoms with Crippen molar-refractivity contribution in [1.82, 2.24) is 9.55 Å². The molecular weight excluding hydrogens is 388 g/mol. The van der Waals surface area contributed by atoms with E-state index in [9.17, 15) is 9.59 Å². The Bertz CT molecular complexity index is 989. The summed E-state index contributed by atoms with van der Waals surface area (Å²) in [5, 5.41) is 5.05. The smallest absolute Gasteiger partial charge is 0.258 e. The highest BCUT2D eigenvalue weighted by Gasteiger charge is 2.09. The number of hydrogen-bond donors (Lipinski definition) is 1. The molecule has 0 saturated heterocycles. The highest BCUT2D eigenvalue weighted by molar-refractivity contribution is 8.00. The van der Waals surface area contributed by atoms with E-state index in [2.05, 4.69) is 33.5 Å². The molecule has 26 heavy (non-hydrogen) atoms. The molecule has 0 spiro atoms. The number of aryl methyl sites for hydroxylation is 2. The van der Waals surface area contributed by atoms with E-state index >= 15 is 0 Å². The Hall–Kier alpha value is -1.97. The molecule has 0 atom stereocenters. The lowest BCUT2D eigenvalue weighted by atomic mass is 10.2. The average molecular weight is 407 g/mol. The first-order valence-electron chi connectivity index (χ1n) is 8.01. The number of thiazole rings is 2. The SMILES string of the molecule is CCn1c(=NC(=O)CSCC(=O)Nc2nccs2)sc2cc(C)ccc21. The predicted molar refractivity (Wildman–Crippen MR) is 109 cm³/mol. The molecule has 2 amide bonds. The molecule has 3 aromatic rings. The number of aromatic nitrogens is 2. The van der Waals surface area contributed by atoms with Crippen molar-refractivity contribution in [1.29, 1.82) is 0 Å². The summed E-state index contributed by atoms with van der Waals surface area (Å²) in [6.45, 7) is 4.83. The molecule has 6 nitrogen and oxygen atoms in total. The highest BCUT2D eigenvalue weighted by Crippen LogP contribution is 2.19. The maximum Gasteiger partial charge on any atom is 0.258 e. The number of anilines is 1. The van der Waals surface area contributed by atoms with Crippen molar-refractivity contribution in [2.24, 2.45) is 4.99 Å². The summed E-state index contributed by atoms with van der Waals surface area (Å²) in [5.74, 6) is -0.0380. The first-order chi connectivity index (χ1) is 12.6. The monoisotopic (exact) mass is 406 g/mol. The second-order valence-corrected chi connectivity index (χ2v) is 8.37. The van der Waals surface area contributed by atoms with Crippen molar-refractivity contribution in [3.05, 3.63) is 40.1 Å². The lowest BCUT2D eigenvalue weighted by molar-refractivity contribution is -0.115. The van der Waals surface area contributed by atoms with Gasteiger partial charge in [0, 0.05) is 18.1 Å². The second-order valence-electron chi connectivity index (χ2n) is 5.48. The van der Waals surface area contributed by atoms with E-state index in [-0.39, 0.29) is 23.3 Å². The van der Waals surface area contributed by atoms with Crippen LogP contribution in [0, 0.1) is 6.92 Å². The number of hydrogen-bond acceptors (Lipinski definition) is 6. The molecule has 0 aliphatic carbocycles. The summed E-state index contributed by atoms with van der Waals surface area (Å²) in [6, 6.07) is 6.23. The number of nitrogens with zero attached hydrogens (tertiary/aromatic N) is 3. The van der Waals surface area contributed by atoms with Crippen molar-refractivity contribution >= 4 is 61.6 Å². The molecule has 2 heterocycles. The molecule has 2 aromatic heterocycles. The van der Waals surface area contributed by atoms with Crippen LogP contribution in [0.4, 0.5) is 5.13 Å². The van der Waals surface area contributed by atoms with E-state index in [0.29, 0.717) is 9.93 Å². The van der Waals surface area contributed by atoms with Crippen LogP contribution < -0.4 is 10.1 Å². The normalized spacial score (nSPS) is 11.8. The largest absolute Gasteiger partial charge is 0.317 e. The van der Waals surface area contributed by atoms with Gasteiger partial charge in [-0.2, -0.15) is 4.99 Å². The van der Waals surface area contributed by atoms with Crippen LogP contribution >= 0.6 is 34.4 Å². The molecule has 0 fully saturated rings. The van der Waals surface area contributed by atoms with Gasteiger partial charge in [-0.05, 0) is 31.5 Å². The molecule has 0 unspecified atom stereocenters. The first kappa shape index (κ1) is 18.8. The molecule has 136 valence electrons. The van der Waals surface area contributed by atoms with E-state index in [1.807, 2.05) is 18.4 Å². The summed E-state index contributed by atoms with van der Waals surface area (Å²) in [6.07, 6.45) is 1.63. The number of carbonyl (C=O) groups is 2. The van der Waals surface area contributed by atoms with Gasteiger partial charge in [0.15, 0.2) is 9.93 Å². The molecule has 0 aliphatic heterocycles. The number of thioether (sulfide) groups is 1. The molecule has 0 radical (unpaired) electrons. The number of benzene rings is 1. The zero-order valence-corrected chi connectivity index (χ0v) is 16.8. The van der Waals surface area contributed by atoms with Crippen molar-refractivity contribution in [3.8, 4) is 0 Å². The minimum absolute atomic E-state index is 0.168. The highest BCUT2D eigenvalue weighted by atomic mass is 32.2. The van der Waals surface area contributed by atoms with Crippen molar-refractivity contribution in [2.45, 2.75) is 20.4 Å². The van der Waals surface area contributed by atoms with Crippen LogP contribution in [0.1, 0.15) is 12.5 Å². The Kier molecular flexibility index (Phi) is 6.23. The molecule has 1 aromatic carbocycles. The molecule has 1 N–H and O–H groups in total. The standard InChI is InChI=1S/C17H18N4O2S3/c1-3-21-12-5-4-11(2)8-13(12)26-17(21)20-15(23)10-24-9-14(22)19-16-18-6-7-25-16/h4-8H,3,9-10H2,1-2H3,(H,18,19,22). The summed E-state index contributed by atoms with van der Waals surface area (Å²) in [5.41, 5.74) is 2.27. The van der Waals surface area contributed by atoms with Gasteiger partial charge in [0.2, 0.25) is 5.91 Å². The van der Waals surface area contributed by atoms with E-state index in [1.54, 1.807) is 11.6 Å². The van der Waals surface area contributed by atoms with Gasteiger partial charge in [-0.1, -0.05) is 17.4 Å². The Labute approximate surface area is 163 Å². The lowest BCUT2D eigenvalue weighted by Gasteiger charge is -2.01. The molecule has 9 heteroatoms. The van der Waals surface area contributed by atoms with Crippen LogP contribution in [0.3, 0.4) is 0 Å². The van der Waals surface area contributed by atoms with E-state index in [0.717, 1.165) is 16.8 Å². The van der Waals surface area contributed by atoms with E-state index in [4.69, 9.17) is 0 Å². The van der Waals surface area contributed by atoms with Crippen molar-refractivity contribution < 1.29 is 9.59 Å². The van der Waals surface area contributed by atoms with Gasteiger partial charge < -0.3 is 9.88 Å². The van der Waals surface area contributed by atoms with Gasteiger partial charge in [-0.15, -0.1) is 23.1 Å². The third kappa shape index (κ3) is 4.60. The predicted octanol–water partition coefficient (Wildman–Crippen LogP) is 3.29. The van der Waals surface area contributed by atoms with Gasteiger partial charge in [0.05, 0.1) is 21.7 Å². The Morgan fingerprint density at radius 1 is 1.35 bits per heavy atom. The average Bonchev–Trinajstić information content (AvgIpc) is 3.21. The molecule has 0 aliphatic rings. The van der Waals surface area contributed by atoms with Gasteiger partial charge in [0.1, 0.15) is 0 Å². The maximum atomic E-state index is 12.2. The lowest BCUT2D eigenvalue weighted by Crippen LogP contribution is -2.18. The van der Waals surface area contributed by atoms with E-state index in [1.165, 1.54) is 40.0 Å². The summed E-state index contributed by atoms with van der Waals surface area (Å²) < 4.78 is 3.16. The number of amides is 2. The van der Waals surface area contributed by atoms with Crippen molar-refractivity contribution in [2.75, 3.05) is 16.8 Å². The number of nitrogens with one attached hydrogen (secondary N) is 1. The fourth-order valence-electron chi connectivity index (χ4n) is 2.38. The zero-order chi connectivity index (χ0) is 18.5. The number of fused-ring (bicyclic) bond motifs is 1. The van der Waals surface area contributed by atoms with Crippen LogP contribution in [0.2, 0.25) is 0 Å². The summed E-state index contributed by atoms with van der Waals surface area (Å²) in [4.78, 5) is 32.9. The van der Waals surface area contributed by atoms with Crippen LogP contribution in [-0.2, 0) is 16.1 Å². The van der Waals surface area contributed by atoms with E-state index < -0.39 is 0 Å². The van der Waals surface area contributed by atoms with Gasteiger partial charge in [0.25, 0.3) is 5.91 Å². The van der Waals surface area contributed by atoms with Crippen LogP contribution in [0.5, 0.6) is 0 Å². The fourth-order valence-corrected chi connectivity index (χ4v) is 4.74. The Morgan fingerprint density at radius 2 is 2.19 bits per heavy atom. The summed E-state index contributed by atoms with van der Waals surface area (Å²) in [7, 11) is 0. The minimum Gasteiger partial charge on any atom is -0.317 e. The fraction of sp³-hybridized carbons (Fsp3) is 0.294. The third-order valence-corrected chi connectivity index (χ3v) is 6.16. The number of rotatable bonds is 6. The minimum atomic E-state index is -0.234. The van der Waals surface area contributed by atoms with Gasteiger partial charge >= 0.3 is 0 Å². The zero-order valence-electron chi connectivity index (χ0n) is 14.4. The van der Waals surface area contributed by atoms with Crippen LogP contribution in [-0.4, -0.2) is 32.9 Å². The topological polar surface area (TPSA) is 76.3 Å². The van der Waals surface area contributed by atoms with Gasteiger partial charge in [-0.25, -0.2) is 4.98 Å². The quantitative estimate of drug-likeness (QED) is 0.681. The van der Waals surface area contributed by atoms with Crippen LogP contribution in [0.15, 0.2) is 34.8 Å². The molecular formula is C17H18N4O2S3. The molecule has 3 rings (SSSR count). The van der Waals surface area contributed by atoms with Crippen molar-refractivity contribution in [3.63, 3.8) is 0 Å². The molecule has 0 saturated carbocycles. The summed E-state index contributed by atoms with van der Waals surface area (Å²) >= 11 is 4.12. The molecule has 0 bridgehead atoms. The maximum absolute atomic E-state index is 12.2.